The van der Waals surface area contributed by atoms with Crippen LogP contribution in [-0.4, -0.2) is 23.1 Å². The van der Waals surface area contributed by atoms with Crippen molar-refractivity contribution in [2.75, 3.05) is 6.61 Å². The van der Waals surface area contributed by atoms with Crippen molar-refractivity contribution in [1.29, 1.82) is 0 Å². The molecule has 0 saturated carbocycles. The number of benzene rings is 2. The summed E-state index contributed by atoms with van der Waals surface area (Å²) in [6, 6.07) is 15.5. The molecule has 0 aliphatic carbocycles. The van der Waals surface area contributed by atoms with Gasteiger partial charge in [-0.3, -0.25) is 14.2 Å². The van der Waals surface area contributed by atoms with E-state index in [9.17, 15) is 14.4 Å². The van der Waals surface area contributed by atoms with E-state index in [1.807, 2.05) is 36.4 Å². The number of carbonyl (C=O) groups excluding carboxylic acids is 2. The molecule has 7 nitrogen and oxygen atoms in total. The van der Waals surface area contributed by atoms with Gasteiger partial charge in [-0.25, -0.2) is 9.79 Å². The van der Waals surface area contributed by atoms with Gasteiger partial charge in [0, 0.05) is 6.92 Å². The first kappa shape index (κ1) is 23.1. The van der Waals surface area contributed by atoms with E-state index >= 15 is 0 Å². The number of thiazole rings is 1. The summed E-state index contributed by atoms with van der Waals surface area (Å²) in [6.07, 6.45) is 3.21. The zero-order valence-corrected chi connectivity index (χ0v) is 19.5. The molecule has 0 spiro atoms. The molecule has 2 heterocycles. The van der Waals surface area contributed by atoms with Gasteiger partial charge in [-0.05, 0) is 36.3 Å². The number of allylic oxidation sites excluding steroid dienone is 1. The normalized spacial score (nSPS) is 15.4. The number of hydrogen-bond donors (Lipinski definition) is 0. The van der Waals surface area contributed by atoms with Gasteiger partial charge in [0.05, 0.1) is 21.8 Å². The molecule has 0 unspecified atom stereocenters. The third-order valence-corrected chi connectivity index (χ3v) is 6.09. The molecular formula is C26H22N2O5S. The van der Waals surface area contributed by atoms with Crippen LogP contribution in [0.1, 0.15) is 31.0 Å². The van der Waals surface area contributed by atoms with Gasteiger partial charge in [-0.15, -0.1) is 0 Å². The number of carbonyl (C=O) groups is 2. The smallest absolute Gasteiger partial charge is 0.338 e. The van der Waals surface area contributed by atoms with E-state index in [1.165, 1.54) is 28.9 Å². The van der Waals surface area contributed by atoms with Crippen molar-refractivity contribution in [2.45, 2.75) is 19.9 Å². The van der Waals surface area contributed by atoms with Crippen molar-refractivity contribution in [2.24, 2.45) is 4.99 Å². The first-order chi connectivity index (χ1) is 16.4. The van der Waals surface area contributed by atoms with Crippen molar-refractivity contribution in [3.8, 4) is 5.75 Å². The monoisotopic (exact) mass is 474 g/mol. The maximum atomic E-state index is 13.6. The Morgan fingerprint density at radius 3 is 2.65 bits per heavy atom. The number of esters is 2. The van der Waals surface area contributed by atoms with Gasteiger partial charge in [0.1, 0.15) is 12.4 Å². The average molecular weight is 475 g/mol. The Morgan fingerprint density at radius 1 is 1.18 bits per heavy atom. The fraction of sp³-hybridized carbons (Fsp3) is 0.154. The van der Waals surface area contributed by atoms with Crippen LogP contribution in [0.5, 0.6) is 5.75 Å². The Labute approximate surface area is 199 Å². The van der Waals surface area contributed by atoms with Gasteiger partial charge in [0.15, 0.2) is 4.80 Å². The van der Waals surface area contributed by atoms with Crippen molar-refractivity contribution in [1.82, 2.24) is 4.57 Å². The lowest BCUT2D eigenvalue weighted by Gasteiger charge is -2.24. The van der Waals surface area contributed by atoms with E-state index in [2.05, 4.69) is 11.6 Å². The Morgan fingerprint density at radius 2 is 1.94 bits per heavy atom. The average Bonchev–Trinajstić information content (AvgIpc) is 3.11. The molecule has 0 radical (unpaired) electrons. The molecule has 1 aliphatic rings. The Balaban J connectivity index is 1.88. The van der Waals surface area contributed by atoms with Crippen LogP contribution in [0.3, 0.4) is 0 Å². The summed E-state index contributed by atoms with van der Waals surface area (Å²) in [5, 5.41) is 0. The van der Waals surface area contributed by atoms with Crippen LogP contribution in [0.15, 0.2) is 88.3 Å². The van der Waals surface area contributed by atoms with E-state index < -0.39 is 18.0 Å². The summed E-state index contributed by atoms with van der Waals surface area (Å²) in [5.74, 6) is -0.580. The topological polar surface area (TPSA) is 87.0 Å². The molecule has 172 valence electrons. The summed E-state index contributed by atoms with van der Waals surface area (Å²) in [5.41, 5.74) is 1.99. The Hall–Kier alpha value is -4.04. The molecule has 2 aromatic carbocycles. The maximum absolute atomic E-state index is 13.6. The van der Waals surface area contributed by atoms with E-state index in [4.69, 9.17) is 9.47 Å². The molecule has 3 aromatic rings. The SMILES string of the molecule is C=CCOC(=O)C1=C(C)N=c2s/c(=C/c3cccc(OC(C)=O)c3)c(=O)n2[C@H]1c1ccccc1. The highest BCUT2D eigenvalue weighted by Gasteiger charge is 2.33. The minimum atomic E-state index is -0.677. The van der Waals surface area contributed by atoms with Crippen molar-refractivity contribution < 1.29 is 19.1 Å². The van der Waals surface area contributed by atoms with Crippen LogP contribution >= 0.6 is 11.3 Å². The van der Waals surface area contributed by atoms with Crippen LogP contribution in [0.2, 0.25) is 0 Å². The number of nitrogens with zero attached hydrogens (tertiary/aromatic N) is 2. The second kappa shape index (κ2) is 9.84. The second-order valence-corrected chi connectivity index (χ2v) is 8.55. The molecule has 1 aliphatic heterocycles. The highest BCUT2D eigenvalue weighted by Crippen LogP contribution is 2.30. The van der Waals surface area contributed by atoms with E-state index in [1.54, 1.807) is 31.2 Å². The number of rotatable bonds is 6. The van der Waals surface area contributed by atoms with Gasteiger partial charge in [-0.2, -0.15) is 0 Å². The standard InChI is InChI=1S/C26H22N2O5S/c1-4-13-32-25(31)22-16(2)27-26-28(23(22)19-10-6-5-7-11-19)24(30)21(34-26)15-18-9-8-12-20(14-18)33-17(3)29/h4-12,14-15,23H,1,13H2,2-3H3/b21-15+/t23-/m0/s1. The highest BCUT2D eigenvalue weighted by atomic mass is 32.1. The minimum absolute atomic E-state index is 0.0558. The molecule has 4 rings (SSSR count). The first-order valence-corrected chi connectivity index (χ1v) is 11.3. The molecule has 0 saturated heterocycles. The van der Waals surface area contributed by atoms with Crippen LogP contribution < -0.4 is 19.6 Å². The van der Waals surface area contributed by atoms with Crippen LogP contribution in [-0.2, 0) is 14.3 Å². The predicted molar refractivity (Wildman–Crippen MR) is 129 cm³/mol. The van der Waals surface area contributed by atoms with Gasteiger partial charge in [0.2, 0.25) is 0 Å². The molecule has 34 heavy (non-hydrogen) atoms. The molecule has 8 heteroatoms. The van der Waals surface area contributed by atoms with Crippen molar-refractivity contribution in [3.05, 3.63) is 109 Å². The molecule has 0 amide bonds. The fourth-order valence-electron chi connectivity index (χ4n) is 3.73. The quantitative estimate of drug-likeness (QED) is 0.312. The molecule has 0 bridgehead atoms. The second-order valence-electron chi connectivity index (χ2n) is 7.55. The summed E-state index contributed by atoms with van der Waals surface area (Å²) in [6.45, 7) is 6.71. The first-order valence-electron chi connectivity index (χ1n) is 10.5. The van der Waals surface area contributed by atoms with Crippen LogP contribution in [0, 0.1) is 0 Å². The zero-order chi connectivity index (χ0) is 24.2. The van der Waals surface area contributed by atoms with Crippen molar-refractivity contribution in [3.63, 3.8) is 0 Å². The van der Waals surface area contributed by atoms with Gasteiger partial charge in [-0.1, -0.05) is 66.5 Å². The van der Waals surface area contributed by atoms with Gasteiger partial charge in [0.25, 0.3) is 5.56 Å². The molecule has 0 fully saturated rings. The summed E-state index contributed by atoms with van der Waals surface area (Å²) >= 11 is 1.23. The van der Waals surface area contributed by atoms with Crippen LogP contribution in [0.25, 0.3) is 6.08 Å². The summed E-state index contributed by atoms with van der Waals surface area (Å²) in [7, 11) is 0. The lowest BCUT2D eigenvalue weighted by Crippen LogP contribution is -2.39. The maximum Gasteiger partial charge on any atom is 0.338 e. The highest BCUT2D eigenvalue weighted by molar-refractivity contribution is 7.07. The van der Waals surface area contributed by atoms with Crippen LogP contribution in [0.4, 0.5) is 0 Å². The van der Waals surface area contributed by atoms with Gasteiger partial charge < -0.3 is 9.47 Å². The largest absolute Gasteiger partial charge is 0.458 e. The van der Waals surface area contributed by atoms with E-state index in [0.717, 1.165) is 5.56 Å². The number of hydrogen-bond acceptors (Lipinski definition) is 7. The lowest BCUT2D eigenvalue weighted by atomic mass is 9.96. The number of ether oxygens (including phenoxy) is 2. The molecule has 1 atom stereocenters. The molecule has 1 aromatic heterocycles. The summed E-state index contributed by atoms with van der Waals surface area (Å²) in [4.78, 5) is 42.8. The predicted octanol–water partition coefficient (Wildman–Crippen LogP) is 2.89. The number of aromatic nitrogens is 1. The van der Waals surface area contributed by atoms with E-state index in [0.29, 0.717) is 31.9 Å². The number of fused-ring (bicyclic) bond motifs is 1. The summed E-state index contributed by atoms with van der Waals surface area (Å²) < 4.78 is 12.4. The third kappa shape index (κ3) is 4.67. The van der Waals surface area contributed by atoms with E-state index in [-0.39, 0.29) is 12.2 Å². The Bertz CT molecular complexity index is 1480. The molecular weight excluding hydrogens is 452 g/mol. The lowest BCUT2D eigenvalue weighted by molar-refractivity contribution is -0.138. The molecule has 0 N–H and O–H groups in total. The minimum Gasteiger partial charge on any atom is -0.458 e. The van der Waals surface area contributed by atoms with Gasteiger partial charge >= 0.3 is 11.9 Å². The third-order valence-electron chi connectivity index (χ3n) is 5.11. The fourth-order valence-corrected chi connectivity index (χ4v) is 4.78. The Kier molecular flexibility index (Phi) is 6.70. The zero-order valence-electron chi connectivity index (χ0n) is 18.7. The van der Waals surface area contributed by atoms with Crippen molar-refractivity contribution >= 4 is 29.4 Å².